The molecule has 0 N–H and O–H groups in total. The number of hydrogen-bond donors (Lipinski definition) is 0. The monoisotopic (exact) mass is 247 g/mol. The Kier molecular flexibility index (Phi) is 3.35. The van der Waals surface area contributed by atoms with Gasteiger partial charge in [-0.2, -0.15) is 0 Å². The van der Waals surface area contributed by atoms with Crippen molar-refractivity contribution in [2.24, 2.45) is 0 Å². The average molecular weight is 247 g/mol. The number of aromatic nitrogens is 2. The Labute approximate surface area is 108 Å². The lowest BCUT2D eigenvalue weighted by molar-refractivity contribution is 0.345. The van der Waals surface area contributed by atoms with Crippen molar-refractivity contribution in [2.45, 2.75) is 51.0 Å². The minimum absolute atomic E-state index is 0.117. The third-order valence-corrected chi connectivity index (χ3v) is 4.22. The van der Waals surface area contributed by atoms with E-state index in [0.717, 1.165) is 25.9 Å². The Morgan fingerprint density at radius 3 is 2.50 bits per heavy atom. The molecule has 0 atom stereocenters. The Balaban J connectivity index is 1.90. The van der Waals surface area contributed by atoms with Crippen molar-refractivity contribution in [3.63, 3.8) is 0 Å². The molecule has 1 saturated carbocycles. The first-order chi connectivity index (χ1) is 8.86. The molecule has 1 aliphatic carbocycles. The smallest absolute Gasteiger partial charge is 0.293 e. The lowest BCUT2D eigenvalue weighted by Crippen LogP contribution is -2.33. The molecule has 98 valence electrons. The molecule has 2 heterocycles. The molecule has 1 aromatic rings. The summed E-state index contributed by atoms with van der Waals surface area (Å²) in [6.45, 7) is 1.97. The molecular weight excluding hydrogens is 226 g/mol. The van der Waals surface area contributed by atoms with Gasteiger partial charge in [-0.15, -0.1) is 0 Å². The minimum atomic E-state index is 0.117. The molecule has 2 aliphatic rings. The molecule has 18 heavy (non-hydrogen) atoms. The summed E-state index contributed by atoms with van der Waals surface area (Å²) in [5.74, 6) is 0.667. The molecule has 0 radical (unpaired) electrons. The Morgan fingerprint density at radius 1 is 1.06 bits per heavy atom. The van der Waals surface area contributed by atoms with Crippen molar-refractivity contribution in [2.75, 3.05) is 18.0 Å². The van der Waals surface area contributed by atoms with Crippen LogP contribution in [0.15, 0.2) is 17.2 Å². The first-order valence-corrected chi connectivity index (χ1v) is 7.18. The van der Waals surface area contributed by atoms with Gasteiger partial charge in [0.2, 0.25) is 0 Å². The normalized spacial score (nSPS) is 21.4. The summed E-state index contributed by atoms with van der Waals surface area (Å²) < 4.78 is 1.93. The molecule has 4 nitrogen and oxygen atoms in total. The van der Waals surface area contributed by atoms with Gasteiger partial charge in [-0.3, -0.25) is 4.79 Å². The lowest BCUT2D eigenvalue weighted by atomic mass is 9.95. The fourth-order valence-electron chi connectivity index (χ4n) is 3.21. The second kappa shape index (κ2) is 5.12. The summed E-state index contributed by atoms with van der Waals surface area (Å²) in [4.78, 5) is 19.0. The highest BCUT2D eigenvalue weighted by atomic mass is 16.1. The predicted molar refractivity (Wildman–Crippen MR) is 72.1 cm³/mol. The summed E-state index contributed by atoms with van der Waals surface area (Å²) in [6.07, 6.45) is 12.1. The maximum atomic E-state index is 12.5. The molecule has 0 spiro atoms. The van der Waals surface area contributed by atoms with Gasteiger partial charge in [-0.05, 0) is 25.7 Å². The van der Waals surface area contributed by atoms with E-state index in [1.807, 2.05) is 10.8 Å². The largest absolute Gasteiger partial charge is 0.352 e. The molecule has 0 amide bonds. The highest BCUT2D eigenvalue weighted by Gasteiger charge is 2.21. The van der Waals surface area contributed by atoms with E-state index in [1.165, 1.54) is 32.1 Å². The summed E-state index contributed by atoms with van der Waals surface area (Å²) in [5, 5.41) is 0. The molecule has 4 heteroatoms. The van der Waals surface area contributed by atoms with Crippen LogP contribution in [0.4, 0.5) is 5.82 Å². The highest BCUT2D eigenvalue weighted by molar-refractivity contribution is 5.36. The van der Waals surface area contributed by atoms with Crippen LogP contribution < -0.4 is 10.5 Å². The topological polar surface area (TPSA) is 38.1 Å². The first-order valence-electron chi connectivity index (χ1n) is 7.18. The van der Waals surface area contributed by atoms with Gasteiger partial charge in [0.15, 0.2) is 5.82 Å². The number of rotatable bonds is 2. The molecule has 0 bridgehead atoms. The van der Waals surface area contributed by atoms with E-state index in [1.54, 1.807) is 6.20 Å². The number of nitrogens with zero attached hydrogens (tertiary/aromatic N) is 3. The highest BCUT2D eigenvalue weighted by Crippen LogP contribution is 2.27. The van der Waals surface area contributed by atoms with Crippen LogP contribution >= 0.6 is 0 Å². The van der Waals surface area contributed by atoms with Crippen molar-refractivity contribution in [1.29, 1.82) is 0 Å². The van der Waals surface area contributed by atoms with E-state index in [-0.39, 0.29) is 5.56 Å². The Morgan fingerprint density at radius 2 is 1.78 bits per heavy atom. The average Bonchev–Trinajstić information content (AvgIpc) is 2.94. The third-order valence-electron chi connectivity index (χ3n) is 4.22. The molecular formula is C14H21N3O. The van der Waals surface area contributed by atoms with Crippen LogP contribution in [0.5, 0.6) is 0 Å². The second-order valence-electron chi connectivity index (χ2n) is 5.45. The first kappa shape index (κ1) is 11.8. The van der Waals surface area contributed by atoms with Crippen molar-refractivity contribution >= 4 is 5.82 Å². The number of anilines is 1. The van der Waals surface area contributed by atoms with Crippen LogP contribution in [0.2, 0.25) is 0 Å². The fourth-order valence-corrected chi connectivity index (χ4v) is 3.21. The van der Waals surface area contributed by atoms with E-state index in [2.05, 4.69) is 9.88 Å². The standard InChI is InChI=1S/C14H21N3O/c18-14-13(16-9-4-5-10-16)15-8-11-17(14)12-6-2-1-3-7-12/h8,11-12H,1-7,9-10H2. The lowest BCUT2D eigenvalue weighted by Gasteiger charge is -2.25. The predicted octanol–water partition coefficient (Wildman–Crippen LogP) is 2.35. The van der Waals surface area contributed by atoms with Crippen LogP contribution in [0.3, 0.4) is 0 Å². The van der Waals surface area contributed by atoms with Crippen LogP contribution in [-0.2, 0) is 0 Å². The summed E-state index contributed by atoms with van der Waals surface area (Å²) in [7, 11) is 0. The molecule has 1 aliphatic heterocycles. The van der Waals surface area contributed by atoms with Gasteiger partial charge in [-0.25, -0.2) is 4.98 Å². The third kappa shape index (κ3) is 2.16. The van der Waals surface area contributed by atoms with Gasteiger partial charge in [0.05, 0.1) is 0 Å². The Hall–Kier alpha value is -1.32. The van der Waals surface area contributed by atoms with E-state index in [0.29, 0.717) is 11.9 Å². The summed E-state index contributed by atoms with van der Waals surface area (Å²) in [5.41, 5.74) is 0.117. The van der Waals surface area contributed by atoms with Crippen molar-refractivity contribution in [1.82, 2.24) is 9.55 Å². The van der Waals surface area contributed by atoms with Crippen LogP contribution in [-0.4, -0.2) is 22.6 Å². The maximum absolute atomic E-state index is 12.5. The van der Waals surface area contributed by atoms with E-state index in [9.17, 15) is 4.79 Å². The maximum Gasteiger partial charge on any atom is 0.293 e. The van der Waals surface area contributed by atoms with E-state index in [4.69, 9.17) is 0 Å². The van der Waals surface area contributed by atoms with Gasteiger partial charge in [-0.1, -0.05) is 19.3 Å². The quantitative estimate of drug-likeness (QED) is 0.805. The van der Waals surface area contributed by atoms with Crippen LogP contribution in [0.1, 0.15) is 51.0 Å². The van der Waals surface area contributed by atoms with E-state index < -0.39 is 0 Å². The second-order valence-corrected chi connectivity index (χ2v) is 5.45. The van der Waals surface area contributed by atoms with Gasteiger partial charge in [0, 0.05) is 31.5 Å². The summed E-state index contributed by atoms with van der Waals surface area (Å²) in [6, 6.07) is 0.399. The van der Waals surface area contributed by atoms with Gasteiger partial charge < -0.3 is 9.47 Å². The van der Waals surface area contributed by atoms with Gasteiger partial charge in [0.25, 0.3) is 5.56 Å². The Bertz CT molecular complexity index is 456. The molecule has 1 saturated heterocycles. The van der Waals surface area contributed by atoms with Gasteiger partial charge >= 0.3 is 0 Å². The molecule has 1 aromatic heterocycles. The molecule has 0 aromatic carbocycles. The summed E-state index contributed by atoms with van der Waals surface area (Å²) >= 11 is 0. The van der Waals surface area contributed by atoms with Crippen molar-refractivity contribution in [3.05, 3.63) is 22.7 Å². The SMILES string of the molecule is O=c1c(N2CCCC2)nccn1C1CCCCC1. The molecule has 2 fully saturated rings. The van der Waals surface area contributed by atoms with Crippen molar-refractivity contribution < 1.29 is 0 Å². The van der Waals surface area contributed by atoms with Crippen LogP contribution in [0, 0.1) is 0 Å². The molecule has 0 unspecified atom stereocenters. The number of hydrogen-bond acceptors (Lipinski definition) is 3. The zero-order valence-electron chi connectivity index (χ0n) is 10.8. The van der Waals surface area contributed by atoms with E-state index >= 15 is 0 Å². The minimum Gasteiger partial charge on any atom is -0.352 e. The zero-order valence-corrected chi connectivity index (χ0v) is 10.8. The van der Waals surface area contributed by atoms with Gasteiger partial charge in [0.1, 0.15) is 0 Å². The van der Waals surface area contributed by atoms with Crippen molar-refractivity contribution in [3.8, 4) is 0 Å². The molecule has 3 rings (SSSR count). The van der Waals surface area contributed by atoms with Crippen LogP contribution in [0.25, 0.3) is 0 Å². The zero-order chi connectivity index (χ0) is 12.4. The fraction of sp³-hybridized carbons (Fsp3) is 0.714.